The zero-order valence-corrected chi connectivity index (χ0v) is 15.0. The van der Waals surface area contributed by atoms with Gasteiger partial charge >= 0.3 is 0 Å². The van der Waals surface area contributed by atoms with Crippen molar-refractivity contribution in [2.75, 3.05) is 20.4 Å². The van der Waals surface area contributed by atoms with E-state index in [0.717, 1.165) is 37.3 Å². The topological polar surface area (TPSA) is 21.7 Å². The monoisotopic (exact) mass is 335 g/mol. The quantitative estimate of drug-likeness (QED) is 0.763. The molecule has 0 atom stereocenters. The first-order valence-corrected chi connectivity index (χ1v) is 9.01. The van der Waals surface area contributed by atoms with Gasteiger partial charge in [-0.2, -0.15) is 0 Å². The third kappa shape index (κ3) is 3.72. The molecule has 0 bridgehead atoms. The highest BCUT2D eigenvalue weighted by Gasteiger charge is 2.15. The fourth-order valence-corrected chi connectivity index (χ4v) is 3.55. The molecule has 0 N–H and O–H groups in total. The van der Waals surface area contributed by atoms with Crippen LogP contribution in [0.4, 0.5) is 0 Å². The van der Waals surface area contributed by atoms with Gasteiger partial charge in [-0.3, -0.25) is 4.90 Å². The Morgan fingerprint density at radius 3 is 2.44 bits per heavy atom. The van der Waals surface area contributed by atoms with E-state index in [-0.39, 0.29) is 0 Å². The van der Waals surface area contributed by atoms with Crippen LogP contribution in [0.25, 0.3) is 0 Å². The summed E-state index contributed by atoms with van der Waals surface area (Å²) >= 11 is 0. The van der Waals surface area contributed by atoms with Crippen molar-refractivity contribution in [3.63, 3.8) is 0 Å². The molecule has 0 unspecified atom stereocenters. The maximum Gasteiger partial charge on any atom is 0.142 e. The Morgan fingerprint density at radius 1 is 0.920 bits per heavy atom. The minimum absolute atomic E-state index is 0.672. The van der Waals surface area contributed by atoms with Gasteiger partial charge in [0.1, 0.15) is 24.8 Å². The van der Waals surface area contributed by atoms with Crippen LogP contribution in [0.3, 0.4) is 0 Å². The first-order chi connectivity index (χ1) is 12.2. The van der Waals surface area contributed by atoms with Gasteiger partial charge in [-0.05, 0) is 68.1 Å². The Kier molecular flexibility index (Phi) is 4.50. The second kappa shape index (κ2) is 6.93. The average Bonchev–Trinajstić information content (AvgIpc) is 2.59. The summed E-state index contributed by atoms with van der Waals surface area (Å²) in [5.74, 6) is 2.06. The van der Waals surface area contributed by atoms with Crippen LogP contribution in [0, 0.1) is 0 Å². The first kappa shape index (κ1) is 16.2. The van der Waals surface area contributed by atoms with E-state index in [1.54, 1.807) is 0 Å². The highest BCUT2D eigenvalue weighted by Crippen LogP contribution is 2.28. The fraction of sp³-hybridized carbons (Fsp3) is 0.364. The molecule has 0 aromatic heterocycles. The Balaban J connectivity index is 1.55. The lowest BCUT2D eigenvalue weighted by Crippen LogP contribution is -2.28. The van der Waals surface area contributed by atoms with Gasteiger partial charge in [0.15, 0.2) is 0 Å². The largest absolute Gasteiger partial charge is 0.489 e. The average molecular weight is 335 g/mol. The van der Waals surface area contributed by atoms with Crippen molar-refractivity contribution in [2.24, 2.45) is 0 Å². The van der Waals surface area contributed by atoms with Crippen molar-refractivity contribution >= 4 is 0 Å². The molecule has 0 amide bonds. The molecule has 4 rings (SSSR count). The molecule has 2 aliphatic heterocycles. The molecule has 0 aliphatic carbocycles. The number of hydrogen-bond donors (Lipinski definition) is 0. The summed E-state index contributed by atoms with van der Waals surface area (Å²) in [6.07, 6.45) is 5.29. The lowest BCUT2D eigenvalue weighted by Gasteiger charge is -2.26. The summed E-state index contributed by atoms with van der Waals surface area (Å²) in [5, 5.41) is 0. The number of benzene rings is 2. The third-order valence-electron chi connectivity index (χ3n) is 5.00. The van der Waals surface area contributed by atoms with Gasteiger partial charge < -0.3 is 9.47 Å². The molecular weight excluding hydrogens is 310 g/mol. The van der Waals surface area contributed by atoms with E-state index in [1.165, 1.54) is 27.8 Å². The predicted molar refractivity (Wildman–Crippen MR) is 100 cm³/mol. The normalized spacial score (nSPS) is 17.3. The Labute approximate surface area is 149 Å². The van der Waals surface area contributed by atoms with E-state index >= 15 is 0 Å². The maximum atomic E-state index is 5.89. The van der Waals surface area contributed by atoms with E-state index in [4.69, 9.17) is 9.47 Å². The summed E-state index contributed by atoms with van der Waals surface area (Å²) in [5.41, 5.74) is 6.69. The van der Waals surface area contributed by atoms with Crippen molar-refractivity contribution in [1.82, 2.24) is 4.90 Å². The van der Waals surface area contributed by atoms with Crippen LogP contribution in [0.15, 0.2) is 48.0 Å². The van der Waals surface area contributed by atoms with Gasteiger partial charge in [0, 0.05) is 12.1 Å². The number of nitrogens with zero attached hydrogens (tertiary/aromatic N) is 1. The molecule has 0 radical (unpaired) electrons. The highest BCUT2D eigenvalue weighted by molar-refractivity contribution is 5.43. The molecule has 2 aromatic carbocycles. The molecule has 0 fully saturated rings. The van der Waals surface area contributed by atoms with Crippen LogP contribution in [-0.2, 0) is 19.4 Å². The van der Waals surface area contributed by atoms with Gasteiger partial charge in [-0.25, -0.2) is 0 Å². The number of rotatable bonds is 2. The Morgan fingerprint density at radius 2 is 1.64 bits per heavy atom. The Hall–Kier alpha value is -2.26. The first-order valence-electron chi connectivity index (χ1n) is 9.01. The van der Waals surface area contributed by atoms with E-state index in [0.29, 0.717) is 13.3 Å². The summed E-state index contributed by atoms with van der Waals surface area (Å²) < 4.78 is 11.6. The molecule has 2 aliphatic rings. The van der Waals surface area contributed by atoms with Crippen molar-refractivity contribution in [1.29, 1.82) is 0 Å². The fourth-order valence-electron chi connectivity index (χ4n) is 3.55. The summed E-state index contributed by atoms with van der Waals surface area (Å²) in [7, 11) is 2.08. The van der Waals surface area contributed by atoms with Crippen LogP contribution in [0.5, 0.6) is 11.5 Å². The number of fused-ring (bicyclic) bond motifs is 2. The predicted octanol–water partition coefficient (Wildman–Crippen LogP) is 4.33. The SMILES string of the molecule is CC1=CCOc2ccc(Cc3ccc4c(c3)CN(C)CO4)cc2CC1. The molecular formula is C22H25NO2. The molecule has 0 saturated carbocycles. The van der Waals surface area contributed by atoms with Crippen LogP contribution < -0.4 is 9.47 Å². The number of hydrogen-bond acceptors (Lipinski definition) is 3. The maximum absolute atomic E-state index is 5.89. The van der Waals surface area contributed by atoms with E-state index in [1.807, 2.05) is 0 Å². The third-order valence-corrected chi connectivity index (χ3v) is 5.00. The van der Waals surface area contributed by atoms with Crippen molar-refractivity contribution in [2.45, 2.75) is 32.7 Å². The van der Waals surface area contributed by atoms with Crippen molar-refractivity contribution in [3.8, 4) is 11.5 Å². The number of aryl methyl sites for hydroxylation is 1. The molecule has 2 aromatic rings. The van der Waals surface area contributed by atoms with E-state index in [9.17, 15) is 0 Å². The van der Waals surface area contributed by atoms with Crippen LogP contribution >= 0.6 is 0 Å². The van der Waals surface area contributed by atoms with Crippen molar-refractivity contribution in [3.05, 3.63) is 70.3 Å². The standard InChI is InChI=1S/C22H25NO2/c1-16-3-6-19-12-17(4-7-21(19)24-10-9-16)11-18-5-8-22-20(13-18)14-23(2)15-25-22/h4-5,7-9,12-13H,3,6,10-11,14-15H2,1-2H3. The molecule has 2 heterocycles. The lowest BCUT2D eigenvalue weighted by atomic mass is 9.97. The summed E-state index contributed by atoms with van der Waals surface area (Å²) in [6, 6.07) is 13.2. The molecule has 3 nitrogen and oxygen atoms in total. The van der Waals surface area contributed by atoms with Gasteiger partial charge in [0.2, 0.25) is 0 Å². The smallest absolute Gasteiger partial charge is 0.142 e. The number of allylic oxidation sites excluding steroid dienone is 1. The zero-order valence-electron chi connectivity index (χ0n) is 15.0. The van der Waals surface area contributed by atoms with Crippen LogP contribution in [-0.4, -0.2) is 25.3 Å². The minimum atomic E-state index is 0.672. The Bertz CT molecular complexity index is 810. The molecule has 0 spiro atoms. The van der Waals surface area contributed by atoms with Gasteiger partial charge in [0.05, 0.1) is 0 Å². The lowest BCUT2D eigenvalue weighted by molar-refractivity contribution is 0.121. The van der Waals surface area contributed by atoms with Gasteiger partial charge in [-0.15, -0.1) is 0 Å². The molecule has 3 heteroatoms. The van der Waals surface area contributed by atoms with E-state index < -0.39 is 0 Å². The highest BCUT2D eigenvalue weighted by atomic mass is 16.5. The summed E-state index contributed by atoms with van der Waals surface area (Å²) in [4.78, 5) is 2.19. The van der Waals surface area contributed by atoms with Crippen LogP contribution in [0.1, 0.15) is 35.6 Å². The molecule has 0 saturated heterocycles. The second-order valence-electron chi connectivity index (χ2n) is 7.21. The molecule has 130 valence electrons. The second-order valence-corrected chi connectivity index (χ2v) is 7.21. The molecule has 25 heavy (non-hydrogen) atoms. The van der Waals surface area contributed by atoms with Crippen molar-refractivity contribution < 1.29 is 9.47 Å². The van der Waals surface area contributed by atoms with Gasteiger partial charge in [0.25, 0.3) is 0 Å². The van der Waals surface area contributed by atoms with E-state index in [2.05, 4.69) is 61.3 Å². The van der Waals surface area contributed by atoms with Crippen LogP contribution in [0.2, 0.25) is 0 Å². The van der Waals surface area contributed by atoms with Gasteiger partial charge in [-0.1, -0.05) is 29.8 Å². The summed E-state index contributed by atoms with van der Waals surface area (Å²) in [6.45, 7) is 4.48. The number of ether oxygens (including phenoxy) is 2. The minimum Gasteiger partial charge on any atom is -0.489 e. The zero-order chi connectivity index (χ0) is 17.2.